The number of nitrogens with two attached hydrogens (primary N) is 2. The average Bonchev–Trinajstić information content (AvgIpc) is 1.05. The molecule has 0 unspecified atom stereocenters. The summed E-state index contributed by atoms with van der Waals surface area (Å²) in [5.41, 5.74) is 14.1. The highest BCUT2D eigenvalue weighted by molar-refractivity contribution is 5.02. The summed E-state index contributed by atoms with van der Waals surface area (Å²) in [6, 6.07) is 0. The fourth-order valence-corrected chi connectivity index (χ4v) is 11.5. The van der Waals surface area contributed by atoms with Crippen LogP contribution in [0.1, 0.15) is 0 Å². The third kappa shape index (κ3) is 15.5. The van der Waals surface area contributed by atoms with Gasteiger partial charge in [0.1, 0.15) is 171 Å². The Labute approximate surface area is 494 Å². The summed E-state index contributed by atoms with van der Waals surface area (Å²) in [4.78, 5) is 7.58. The molecular weight excluding hydrogens is 1190 g/mol. The number of aliphatic hydroxyl groups is 20. The van der Waals surface area contributed by atoms with Crippen LogP contribution in [-0.4, -0.2) is 407 Å². The van der Waals surface area contributed by atoms with Gasteiger partial charge < -0.3 is 180 Å². The van der Waals surface area contributed by atoms with Crippen molar-refractivity contribution < 1.29 is 173 Å². The van der Waals surface area contributed by atoms with Gasteiger partial charge in [-0.2, -0.15) is 0 Å². The van der Waals surface area contributed by atoms with E-state index in [2.05, 4.69) is 5.48 Å². The molecule has 0 aromatic carbocycles. The smallest absolute Gasteiger partial charge is 0.187 e. The van der Waals surface area contributed by atoms with Gasteiger partial charge in [0, 0.05) is 39.3 Å². The van der Waals surface area contributed by atoms with Crippen LogP contribution in [-0.2, 0) is 71.2 Å². The highest BCUT2D eigenvalue weighted by Crippen LogP contribution is 2.39. The van der Waals surface area contributed by atoms with Crippen LogP contribution in [0.25, 0.3) is 0 Å². The maximum Gasteiger partial charge on any atom is 0.187 e. The number of nitrogens with one attached hydrogen (secondary N) is 1. The molecule has 39 heteroatoms. The number of nitrogens with zero attached hydrogens (tertiary/aromatic N) is 1. The fourth-order valence-electron chi connectivity index (χ4n) is 11.5. The number of hydrogen-bond donors (Lipinski definition) is 23. The molecular formula is C48H86N4O35. The van der Waals surface area contributed by atoms with Crippen molar-refractivity contribution in [3.8, 4) is 0 Å². The summed E-state index contributed by atoms with van der Waals surface area (Å²) >= 11 is 0. The third-order valence-corrected chi connectivity index (χ3v) is 16.4. The Morgan fingerprint density at radius 3 is 0.667 bits per heavy atom. The molecule has 87 heavy (non-hydrogen) atoms. The second-order valence-corrected chi connectivity index (χ2v) is 22.1. The van der Waals surface area contributed by atoms with E-state index < -0.39 is 261 Å². The van der Waals surface area contributed by atoms with E-state index >= 15 is 0 Å². The molecule has 21 aliphatic heterocycles. The Balaban J connectivity index is 1.08. The summed E-state index contributed by atoms with van der Waals surface area (Å²) in [5, 5.41) is 223. The topological polar surface area (TPSA) is 610 Å². The van der Waals surface area contributed by atoms with Crippen molar-refractivity contribution in [3.05, 3.63) is 0 Å². The van der Waals surface area contributed by atoms with E-state index in [0.29, 0.717) is 32.7 Å². The standard InChI is InChI=1S/C48H86N4O35/c49-1-4-52(5-2-50)6-3-51-73-13-20-41-27(65)34(72)48(80-20)86-40-19(12-58)78-46(32(70)25(40)63)84-38-17(10-56)76-44(30(68)23(38)61)82-36-15(8-54)74-42(28(66)21(36)59)81-35-14(7-53)75-43(29(67)22(35)60)83-37-16(9-55)77-45(31(69)24(37)62)85-39-18(11-57)79-47(87-41)33(71)26(39)64/h14-48,51,53-72H,1-13,49-50H2/t14-,15+,16-,17+,18-,19+,20-,21+,22+,23-,24+,25-,26+,27+,28+,29+,30-,31+,32+,33+,34+,35+,36+,37+,38+,39+,40+,41+,42+,43+,44+,45+,46+,47+,48+/m0/s1. The molecule has 0 amide bonds. The largest absolute Gasteiger partial charge is 0.394 e. The SMILES string of the molecule is NCCN(CCN)CCNOC[C@@H]1O[C@@H]2O[C@H]3[C@@H](O)[C@@H](O)[C@@H](O[C@H]4[C@@H](O)[C@H](O)[C@@H](O[C@H]5[C@H](O)[C@@H](O)[C@@H](O[C@H]6[C@H](O)[C@@H](O)[C@@H](O[C@H]7[C@H](O)[C@@H](O)[C@@H](O[C@H]8[C@H](O)[C@@H](O)[C@@H](O[C@H]1[C@H](O)[C@H]2O)O[C@H]8CO)O[C@H]7CO)O[C@H]6CO)O[C@@H]5CO)O[C@@H]4CO)O[C@@H]3CO. The molecule has 21 rings (SSSR count). The molecule has 0 spiro atoms. The van der Waals surface area contributed by atoms with E-state index in [1.54, 1.807) is 0 Å². The van der Waals surface area contributed by atoms with E-state index in [0.717, 1.165) is 0 Å². The normalized spacial score (nSPS) is 50.4. The molecule has 0 aromatic heterocycles. The van der Waals surface area contributed by atoms with E-state index in [1.165, 1.54) is 0 Å². The average molecular weight is 1280 g/mol. The lowest BCUT2D eigenvalue weighted by Crippen LogP contribution is -2.68. The van der Waals surface area contributed by atoms with Gasteiger partial charge in [0.05, 0.1) is 46.2 Å². The van der Waals surface area contributed by atoms with Crippen LogP contribution in [0.5, 0.6) is 0 Å². The Hall–Kier alpha value is -1.56. The second kappa shape index (κ2) is 32.0. The number of hydrogen-bond acceptors (Lipinski definition) is 39. The van der Waals surface area contributed by atoms with E-state index in [4.69, 9.17) is 82.6 Å². The van der Waals surface area contributed by atoms with Crippen molar-refractivity contribution in [1.82, 2.24) is 10.4 Å². The molecule has 21 saturated heterocycles. The number of hydroxylamine groups is 1. The maximum atomic E-state index is 11.8. The minimum Gasteiger partial charge on any atom is -0.394 e. The van der Waals surface area contributed by atoms with Gasteiger partial charge in [0.25, 0.3) is 0 Å². The molecule has 25 N–H and O–H groups in total. The van der Waals surface area contributed by atoms with Crippen LogP contribution in [0.2, 0.25) is 0 Å². The highest BCUT2D eigenvalue weighted by atomic mass is 16.8. The minimum absolute atomic E-state index is 0.143. The predicted molar refractivity (Wildman–Crippen MR) is 270 cm³/mol. The van der Waals surface area contributed by atoms with Gasteiger partial charge in [-0.3, -0.25) is 9.74 Å². The Kier molecular flexibility index (Phi) is 26.3. The molecule has 35 atom stereocenters. The zero-order chi connectivity index (χ0) is 63.3. The fraction of sp³-hybridized carbons (Fsp3) is 1.00. The van der Waals surface area contributed by atoms with Crippen LogP contribution >= 0.6 is 0 Å². The number of ether oxygens (including phenoxy) is 14. The molecule has 39 nitrogen and oxygen atoms in total. The molecule has 0 aliphatic carbocycles. The van der Waals surface area contributed by atoms with Crippen molar-refractivity contribution in [2.24, 2.45) is 11.5 Å². The minimum atomic E-state index is -2.22. The quantitative estimate of drug-likeness (QED) is 0.0504. The van der Waals surface area contributed by atoms with Crippen LogP contribution in [0.15, 0.2) is 0 Å². The zero-order valence-electron chi connectivity index (χ0n) is 46.6. The number of rotatable bonds is 16. The van der Waals surface area contributed by atoms with Gasteiger partial charge >= 0.3 is 0 Å². The van der Waals surface area contributed by atoms with Crippen molar-refractivity contribution in [1.29, 1.82) is 0 Å². The molecule has 0 aromatic rings. The first kappa shape index (κ1) is 71.3. The molecule has 21 fully saturated rings. The van der Waals surface area contributed by atoms with Gasteiger partial charge in [0.15, 0.2) is 44.0 Å². The monoisotopic (exact) mass is 1280 g/mol. The van der Waals surface area contributed by atoms with Crippen molar-refractivity contribution in [2.75, 3.05) is 85.5 Å². The molecule has 0 saturated carbocycles. The first-order valence-electron chi connectivity index (χ1n) is 28.4. The van der Waals surface area contributed by atoms with Crippen LogP contribution in [0.4, 0.5) is 0 Å². The predicted octanol–water partition coefficient (Wildman–Crippen LogP) is -16.5. The first-order chi connectivity index (χ1) is 41.6. The zero-order valence-corrected chi connectivity index (χ0v) is 46.6. The molecule has 21 aliphatic rings. The first-order valence-corrected chi connectivity index (χ1v) is 28.4. The molecule has 508 valence electrons. The molecule has 14 bridgehead atoms. The lowest BCUT2D eigenvalue weighted by molar-refractivity contribution is -0.397. The Morgan fingerprint density at radius 1 is 0.276 bits per heavy atom. The summed E-state index contributed by atoms with van der Waals surface area (Å²) < 4.78 is 81.1. The summed E-state index contributed by atoms with van der Waals surface area (Å²) in [6.07, 6.45) is -70.3. The van der Waals surface area contributed by atoms with Gasteiger partial charge in [-0.15, -0.1) is 0 Å². The lowest BCUT2D eigenvalue weighted by Gasteiger charge is -2.50. The Morgan fingerprint density at radius 2 is 0.471 bits per heavy atom. The van der Waals surface area contributed by atoms with Crippen molar-refractivity contribution in [2.45, 2.75) is 215 Å². The summed E-state index contributed by atoms with van der Waals surface area (Å²) in [7, 11) is 0. The number of aliphatic hydroxyl groups excluding tert-OH is 20. The summed E-state index contributed by atoms with van der Waals surface area (Å²) in [5.74, 6) is 0. The molecule has 21 heterocycles. The summed E-state index contributed by atoms with van der Waals surface area (Å²) in [6.45, 7) is -4.84. The van der Waals surface area contributed by atoms with Crippen LogP contribution < -0.4 is 16.9 Å². The van der Waals surface area contributed by atoms with Crippen LogP contribution in [0, 0.1) is 0 Å². The van der Waals surface area contributed by atoms with Crippen molar-refractivity contribution >= 4 is 0 Å². The van der Waals surface area contributed by atoms with E-state index in [1.807, 2.05) is 4.90 Å². The van der Waals surface area contributed by atoms with Gasteiger partial charge in [0.2, 0.25) is 0 Å². The van der Waals surface area contributed by atoms with Crippen molar-refractivity contribution in [3.63, 3.8) is 0 Å². The lowest BCUT2D eigenvalue weighted by atomic mass is 9.95. The van der Waals surface area contributed by atoms with Gasteiger partial charge in [-0.1, -0.05) is 0 Å². The van der Waals surface area contributed by atoms with Gasteiger partial charge in [-0.05, 0) is 0 Å². The van der Waals surface area contributed by atoms with E-state index in [9.17, 15) is 102 Å². The third-order valence-electron chi connectivity index (χ3n) is 16.4. The Bertz CT molecular complexity index is 2030. The van der Waals surface area contributed by atoms with E-state index in [-0.39, 0.29) is 6.54 Å². The second-order valence-electron chi connectivity index (χ2n) is 22.1. The van der Waals surface area contributed by atoms with Crippen LogP contribution in [0.3, 0.4) is 0 Å². The molecule has 0 radical (unpaired) electrons. The maximum absolute atomic E-state index is 11.8. The van der Waals surface area contributed by atoms with Gasteiger partial charge in [-0.25, -0.2) is 5.48 Å². The highest BCUT2D eigenvalue weighted by Gasteiger charge is 2.59.